The zero-order chi connectivity index (χ0) is 17.6. The smallest absolute Gasteiger partial charge is 0.312 e. The molecule has 0 aliphatic carbocycles. The van der Waals surface area contributed by atoms with E-state index in [-0.39, 0.29) is 0 Å². The topological polar surface area (TPSA) is 60.9 Å². The molecule has 1 aromatic carbocycles. The maximum Gasteiger partial charge on any atom is 0.312 e. The lowest BCUT2D eigenvalue weighted by Gasteiger charge is -2.35. The highest BCUT2D eigenvalue weighted by atomic mass is 16.2. The molecular weight excluding hydrogens is 318 g/mol. The van der Waals surface area contributed by atoms with Crippen molar-refractivity contribution >= 4 is 18.2 Å². The second kappa shape index (κ2) is 8.14. The number of piperidine rings is 1. The number of piperazine rings is 1. The molecule has 0 radical (unpaired) electrons. The highest BCUT2D eigenvalue weighted by Crippen LogP contribution is 2.22. The largest absolute Gasteiger partial charge is 0.342 e. The van der Waals surface area contributed by atoms with Gasteiger partial charge in [0.15, 0.2) is 0 Å². The monoisotopic (exact) mass is 343 g/mol. The van der Waals surface area contributed by atoms with Gasteiger partial charge in [-0.15, -0.1) is 0 Å². The van der Waals surface area contributed by atoms with Crippen molar-refractivity contribution in [3.63, 3.8) is 0 Å². The van der Waals surface area contributed by atoms with Gasteiger partial charge in [0.2, 0.25) is 6.41 Å². The van der Waals surface area contributed by atoms with Gasteiger partial charge in [0.25, 0.3) is 0 Å². The first-order chi connectivity index (χ1) is 12.2. The Balaban J connectivity index is 1.46. The van der Waals surface area contributed by atoms with Gasteiger partial charge in [0.1, 0.15) is 0 Å². The fourth-order valence-electron chi connectivity index (χ4n) is 3.59. The molecule has 2 saturated heterocycles. The van der Waals surface area contributed by atoms with Gasteiger partial charge in [-0.3, -0.25) is 14.4 Å². The summed E-state index contributed by atoms with van der Waals surface area (Å²) >= 11 is 0. The Morgan fingerprint density at radius 1 is 0.880 bits per heavy atom. The van der Waals surface area contributed by atoms with E-state index in [1.54, 1.807) is 14.7 Å². The number of likely N-dealkylation sites (tertiary alicyclic amines) is 1. The Morgan fingerprint density at radius 2 is 1.44 bits per heavy atom. The molecule has 2 aliphatic rings. The molecule has 0 unspecified atom stereocenters. The van der Waals surface area contributed by atoms with Crippen molar-refractivity contribution in [2.24, 2.45) is 5.92 Å². The third kappa shape index (κ3) is 4.38. The average Bonchev–Trinajstić information content (AvgIpc) is 2.68. The minimum Gasteiger partial charge on any atom is -0.342 e. The van der Waals surface area contributed by atoms with Crippen LogP contribution >= 0.6 is 0 Å². The molecule has 0 spiro atoms. The van der Waals surface area contributed by atoms with Crippen LogP contribution in [0.1, 0.15) is 18.4 Å². The zero-order valence-corrected chi connectivity index (χ0v) is 14.5. The molecular formula is C19H25N3O3. The zero-order valence-electron chi connectivity index (χ0n) is 14.5. The maximum absolute atomic E-state index is 12.5. The van der Waals surface area contributed by atoms with Crippen LogP contribution in [0, 0.1) is 5.92 Å². The summed E-state index contributed by atoms with van der Waals surface area (Å²) < 4.78 is 0. The molecule has 3 amide bonds. The lowest BCUT2D eigenvalue weighted by Crippen LogP contribution is -2.53. The highest BCUT2D eigenvalue weighted by molar-refractivity contribution is 6.34. The Labute approximate surface area is 148 Å². The summed E-state index contributed by atoms with van der Waals surface area (Å²) in [4.78, 5) is 40.5. The summed E-state index contributed by atoms with van der Waals surface area (Å²) in [6, 6.07) is 10.4. The molecule has 2 aliphatic heterocycles. The lowest BCUT2D eigenvalue weighted by atomic mass is 9.90. The maximum atomic E-state index is 12.5. The minimum atomic E-state index is -0.424. The van der Waals surface area contributed by atoms with Crippen LogP contribution in [0.25, 0.3) is 0 Å². The molecule has 6 heteroatoms. The highest BCUT2D eigenvalue weighted by Gasteiger charge is 2.31. The SMILES string of the molecule is O=CN1CCN(C(=O)C(=O)N2CCC(Cc3ccccc3)CC2)CC1. The van der Waals surface area contributed by atoms with Crippen LogP contribution in [0.2, 0.25) is 0 Å². The molecule has 3 rings (SSSR count). The Hall–Kier alpha value is -2.37. The molecule has 0 N–H and O–H groups in total. The third-order valence-electron chi connectivity index (χ3n) is 5.20. The number of hydrogen-bond acceptors (Lipinski definition) is 3. The van der Waals surface area contributed by atoms with Gasteiger partial charge < -0.3 is 14.7 Å². The minimum absolute atomic E-state index is 0.391. The quantitative estimate of drug-likeness (QED) is 0.602. The lowest BCUT2D eigenvalue weighted by molar-refractivity contribution is -0.153. The van der Waals surface area contributed by atoms with Gasteiger partial charge in [0.05, 0.1) is 0 Å². The number of benzene rings is 1. The fraction of sp³-hybridized carbons (Fsp3) is 0.526. The van der Waals surface area contributed by atoms with Crippen molar-refractivity contribution in [2.75, 3.05) is 39.3 Å². The summed E-state index contributed by atoms with van der Waals surface area (Å²) in [5.74, 6) is -0.248. The molecule has 2 fully saturated rings. The van der Waals surface area contributed by atoms with Gasteiger partial charge in [-0.25, -0.2) is 0 Å². The van der Waals surface area contributed by atoms with Crippen molar-refractivity contribution in [2.45, 2.75) is 19.3 Å². The third-order valence-corrected chi connectivity index (χ3v) is 5.20. The molecule has 6 nitrogen and oxygen atoms in total. The molecule has 25 heavy (non-hydrogen) atoms. The second-order valence-electron chi connectivity index (χ2n) is 6.86. The van der Waals surface area contributed by atoms with E-state index in [1.165, 1.54) is 5.56 Å². The number of carbonyl (C=O) groups is 3. The average molecular weight is 343 g/mol. The first-order valence-corrected chi connectivity index (χ1v) is 8.99. The number of rotatable bonds is 3. The van der Waals surface area contributed by atoms with Crippen LogP contribution in [0.3, 0.4) is 0 Å². The predicted molar refractivity (Wildman–Crippen MR) is 93.7 cm³/mol. The van der Waals surface area contributed by atoms with Crippen LogP contribution in [-0.2, 0) is 20.8 Å². The first kappa shape index (κ1) is 17.5. The Kier molecular flexibility index (Phi) is 5.68. The number of nitrogens with zero attached hydrogens (tertiary/aromatic N) is 3. The van der Waals surface area contributed by atoms with E-state index in [1.807, 2.05) is 6.07 Å². The van der Waals surface area contributed by atoms with Gasteiger partial charge in [-0.2, -0.15) is 0 Å². The van der Waals surface area contributed by atoms with E-state index in [9.17, 15) is 14.4 Å². The van der Waals surface area contributed by atoms with Gasteiger partial charge in [-0.05, 0) is 30.7 Å². The first-order valence-electron chi connectivity index (χ1n) is 8.99. The number of carbonyl (C=O) groups excluding carboxylic acids is 3. The van der Waals surface area contributed by atoms with Crippen molar-refractivity contribution in [3.8, 4) is 0 Å². The molecule has 0 atom stereocenters. The van der Waals surface area contributed by atoms with E-state index in [2.05, 4.69) is 24.3 Å². The van der Waals surface area contributed by atoms with Crippen LogP contribution in [0.15, 0.2) is 30.3 Å². The summed E-state index contributed by atoms with van der Waals surface area (Å²) in [6.45, 7) is 3.18. The summed E-state index contributed by atoms with van der Waals surface area (Å²) in [7, 11) is 0. The van der Waals surface area contributed by atoms with Crippen molar-refractivity contribution in [3.05, 3.63) is 35.9 Å². The summed E-state index contributed by atoms with van der Waals surface area (Å²) in [5.41, 5.74) is 1.33. The summed E-state index contributed by atoms with van der Waals surface area (Å²) in [6.07, 6.45) is 3.70. The Bertz CT molecular complexity index is 604. The van der Waals surface area contributed by atoms with Crippen LogP contribution in [0.5, 0.6) is 0 Å². The molecule has 0 aromatic heterocycles. The van der Waals surface area contributed by atoms with Gasteiger partial charge in [0, 0.05) is 39.3 Å². The van der Waals surface area contributed by atoms with E-state index in [4.69, 9.17) is 0 Å². The van der Waals surface area contributed by atoms with Crippen LogP contribution in [-0.4, -0.2) is 72.2 Å². The van der Waals surface area contributed by atoms with E-state index in [0.29, 0.717) is 45.2 Å². The number of amides is 3. The van der Waals surface area contributed by atoms with Crippen LogP contribution in [0.4, 0.5) is 0 Å². The second-order valence-corrected chi connectivity index (χ2v) is 6.86. The summed E-state index contributed by atoms with van der Waals surface area (Å²) in [5, 5.41) is 0. The van der Waals surface area contributed by atoms with Crippen molar-refractivity contribution in [1.29, 1.82) is 0 Å². The fourth-order valence-corrected chi connectivity index (χ4v) is 3.59. The van der Waals surface area contributed by atoms with Gasteiger partial charge in [-0.1, -0.05) is 30.3 Å². The molecule has 0 saturated carbocycles. The molecule has 0 bridgehead atoms. The van der Waals surface area contributed by atoms with E-state index in [0.717, 1.165) is 25.7 Å². The molecule has 1 aromatic rings. The predicted octanol–water partition coefficient (Wildman–Crippen LogP) is 0.768. The number of hydrogen-bond donors (Lipinski definition) is 0. The van der Waals surface area contributed by atoms with E-state index < -0.39 is 11.8 Å². The van der Waals surface area contributed by atoms with Crippen molar-refractivity contribution < 1.29 is 14.4 Å². The van der Waals surface area contributed by atoms with Gasteiger partial charge >= 0.3 is 11.8 Å². The van der Waals surface area contributed by atoms with E-state index >= 15 is 0 Å². The normalized spacial score (nSPS) is 19.0. The standard InChI is InChI=1S/C19H25N3O3/c23-15-20-10-12-22(13-11-20)19(25)18(24)21-8-6-17(7-9-21)14-16-4-2-1-3-5-16/h1-5,15,17H,6-14H2. The van der Waals surface area contributed by atoms with Crippen molar-refractivity contribution in [1.82, 2.24) is 14.7 Å². The molecule has 134 valence electrons. The van der Waals surface area contributed by atoms with Crippen LogP contribution < -0.4 is 0 Å². The molecule has 2 heterocycles. The Morgan fingerprint density at radius 3 is 2.00 bits per heavy atom.